The molecule has 1 atom stereocenters. The minimum absolute atomic E-state index is 0.0650. The Balaban J connectivity index is 1.61. The zero-order chi connectivity index (χ0) is 22.4. The van der Waals surface area contributed by atoms with E-state index >= 15 is 0 Å². The first kappa shape index (κ1) is 22.8. The Morgan fingerprint density at radius 3 is 2.00 bits per heavy atom. The molecule has 1 aliphatic rings. The van der Waals surface area contributed by atoms with Gasteiger partial charge in [0, 0.05) is 11.6 Å². The Hall–Kier alpha value is -2.87. The van der Waals surface area contributed by atoms with Crippen molar-refractivity contribution in [1.29, 1.82) is 0 Å². The van der Waals surface area contributed by atoms with Crippen molar-refractivity contribution >= 4 is 11.8 Å². The highest BCUT2D eigenvalue weighted by Crippen LogP contribution is 2.31. The van der Waals surface area contributed by atoms with Crippen LogP contribution in [-0.4, -0.2) is 35.6 Å². The minimum Gasteiger partial charge on any atom is -0.394 e. The first-order chi connectivity index (χ1) is 14.8. The fraction of sp³-hybridized carbons (Fsp3) is 0.391. The number of aliphatic hydroxyl groups is 1. The summed E-state index contributed by atoms with van der Waals surface area (Å²) in [5, 5.41) is 14.9. The number of carbonyl (C=O) groups excluding carboxylic acids is 2. The van der Waals surface area contributed by atoms with Gasteiger partial charge in [-0.2, -0.15) is 13.2 Å². The third kappa shape index (κ3) is 6.07. The zero-order valence-electron chi connectivity index (χ0n) is 16.9. The van der Waals surface area contributed by atoms with Crippen molar-refractivity contribution in [2.24, 2.45) is 0 Å². The first-order valence-electron chi connectivity index (χ1n) is 10.3. The van der Waals surface area contributed by atoms with E-state index in [0.29, 0.717) is 11.1 Å². The van der Waals surface area contributed by atoms with Crippen LogP contribution in [0.3, 0.4) is 0 Å². The van der Waals surface area contributed by atoms with Crippen LogP contribution in [0.25, 0.3) is 11.1 Å². The van der Waals surface area contributed by atoms with Crippen molar-refractivity contribution in [3.05, 3.63) is 59.7 Å². The maximum Gasteiger partial charge on any atom is 0.416 e. The standard InChI is InChI=1S/C23H25F3N2O3/c24-23(25,26)18-12-10-16(11-13-18)15-6-8-17(9-7-15)21(30)28-20(14-29)22(31)27-19-4-2-1-3-5-19/h6-13,19-20,29H,1-5,14H2,(H,27,31)(H,28,30). The Bertz CT molecular complexity index is 890. The summed E-state index contributed by atoms with van der Waals surface area (Å²) in [6.07, 6.45) is 0.632. The molecule has 0 spiro atoms. The maximum atomic E-state index is 12.7. The topological polar surface area (TPSA) is 78.4 Å². The molecule has 0 saturated heterocycles. The summed E-state index contributed by atoms with van der Waals surface area (Å²) in [4.78, 5) is 24.9. The lowest BCUT2D eigenvalue weighted by Gasteiger charge is -2.25. The van der Waals surface area contributed by atoms with Crippen molar-refractivity contribution in [2.75, 3.05) is 6.61 Å². The van der Waals surface area contributed by atoms with Crippen LogP contribution in [0.4, 0.5) is 13.2 Å². The highest BCUT2D eigenvalue weighted by Gasteiger charge is 2.30. The quantitative estimate of drug-likeness (QED) is 0.645. The summed E-state index contributed by atoms with van der Waals surface area (Å²) < 4.78 is 38.1. The number of aliphatic hydroxyl groups excluding tert-OH is 1. The molecule has 0 heterocycles. The highest BCUT2D eigenvalue weighted by atomic mass is 19.4. The average molecular weight is 434 g/mol. The molecule has 3 rings (SSSR count). The molecule has 0 aromatic heterocycles. The second-order valence-corrected chi connectivity index (χ2v) is 7.70. The van der Waals surface area contributed by atoms with Crippen molar-refractivity contribution in [1.82, 2.24) is 10.6 Å². The number of alkyl halides is 3. The van der Waals surface area contributed by atoms with Crippen LogP contribution in [0, 0.1) is 0 Å². The molecular weight excluding hydrogens is 409 g/mol. The minimum atomic E-state index is -4.40. The van der Waals surface area contributed by atoms with E-state index in [-0.39, 0.29) is 11.6 Å². The van der Waals surface area contributed by atoms with E-state index in [1.165, 1.54) is 24.3 Å². The number of rotatable bonds is 6. The molecule has 0 aliphatic heterocycles. The molecule has 2 amide bonds. The third-order valence-corrected chi connectivity index (χ3v) is 5.45. The number of amides is 2. The summed E-state index contributed by atoms with van der Waals surface area (Å²) in [5.41, 5.74) is 0.785. The number of hydrogen-bond donors (Lipinski definition) is 3. The van der Waals surface area contributed by atoms with Crippen molar-refractivity contribution in [3.8, 4) is 11.1 Å². The Labute approximate surface area is 178 Å². The van der Waals surface area contributed by atoms with E-state index in [4.69, 9.17) is 0 Å². The van der Waals surface area contributed by atoms with E-state index in [9.17, 15) is 27.9 Å². The van der Waals surface area contributed by atoms with Gasteiger partial charge in [0.05, 0.1) is 12.2 Å². The Morgan fingerprint density at radius 1 is 0.935 bits per heavy atom. The van der Waals surface area contributed by atoms with Crippen molar-refractivity contribution in [2.45, 2.75) is 50.4 Å². The first-order valence-corrected chi connectivity index (χ1v) is 10.3. The molecule has 5 nitrogen and oxygen atoms in total. The molecule has 1 fully saturated rings. The lowest BCUT2D eigenvalue weighted by molar-refractivity contribution is -0.137. The van der Waals surface area contributed by atoms with Gasteiger partial charge in [-0.1, -0.05) is 43.5 Å². The van der Waals surface area contributed by atoms with Gasteiger partial charge in [-0.05, 0) is 48.2 Å². The molecule has 8 heteroatoms. The molecule has 166 valence electrons. The van der Waals surface area contributed by atoms with Crippen LogP contribution < -0.4 is 10.6 Å². The molecule has 1 aliphatic carbocycles. The second-order valence-electron chi connectivity index (χ2n) is 7.70. The van der Waals surface area contributed by atoms with Gasteiger partial charge in [-0.3, -0.25) is 9.59 Å². The molecule has 3 N–H and O–H groups in total. The fourth-order valence-corrected chi connectivity index (χ4v) is 3.65. The van der Waals surface area contributed by atoms with Crippen molar-refractivity contribution < 1.29 is 27.9 Å². The molecule has 31 heavy (non-hydrogen) atoms. The molecule has 1 saturated carbocycles. The molecule has 2 aromatic carbocycles. The second kappa shape index (κ2) is 9.96. The number of carbonyl (C=O) groups is 2. The summed E-state index contributed by atoms with van der Waals surface area (Å²) >= 11 is 0. The van der Waals surface area contributed by atoms with Crippen LogP contribution in [-0.2, 0) is 11.0 Å². The molecule has 0 bridgehead atoms. The van der Waals surface area contributed by atoms with Crippen LogP contribution in [0.2, 0.25) is 0 Å². The Kier molecular flexibility index (Phi) is 7.33. The largest absolute Gasteiger partial charge is 0.416 e. The van der Waals surface area contributed by atoms with Crippen LogP contribution >= 0.6 is 0 Å². The number of nitrogens with one attached hydrogen (secondary N) is 2. The van der Waals surface area contributed by atoms with Gasteiger partial charge < -0.3 is 15.7 Å². The van der Waals surface area contributed by atoms with E-state index < -0.39 is 36.2 Å². The summed E-state index contributed by atoms with van der Waals surface area (Å²) in [7, 11) is 0. The predicted molar refractivity (Wildman–Crippen MR) is 110 cm³/mol. The molecule has 2 aromatic rings. The predicted octanol–water partition coefficient (Wildman–Crippen LogP) is 3.91. The summed E-state index contributed by atoms with van der Waals surface area (Å²) in [5.74, 6) is -0.930. The molecule has 0 radical (unpaired) electrons. The van der Waals surface area contributed by atoms with Crippen molar-refractivity contribution in [3.63, 3.8) is 0 Å². The normalized spacial score (nSPS) is 15.9. The van der Waals surface area contributed by atoms with Gasteiger partial charge in [0.1, 0.15) is 6.04 Å². The van der Waals surface area contributed by atoms with Gasteiger partial charge >= 0.3 is 6.18 Å². The number of halogens is 3. The summed E-state index contributed by atoms with van der Waals surface area (Å²) in [6, 6.07) is 10.1. The van der Waals surface area contributed by atoms with Gasteiger partial charge in [0.15, 0.2) is 0 Å². The van der Waals surface area contributed by atoms with E-state index in [2.05, 4.69) is 10.6 Å². The van der Waals surface area contributed by atoms with Crippen LogP contribution in [0.1, 0.15) is 48.0 Å². The van der Waals surface area contributed by atoms with Gasteiger partial charge in [-0.25, -0.2) is 0 Å². The lowest BCUT2D eigenvalue weighted by Crippen LogP contribution is -2.51. The number of benzene rings is 2. The fourth-order valence-electron chi connectivity index (χ4n) is 3.65. The van der Waals surface area contributed by atoms with Crippen LogP contribution in [0.15, 0.2) is 48.5 Å². The van der Waals surface area contributed by atoms with E-state index in [1.807, 2.05) is 0 Å². The molecule has 1 unspecified atom stereocenters. The summed E-state index contributed by atoms with van der Waals surface area (Å²) in [6.45, 7) is -0.520. The molecular formula is C23H25F3N2O3. The maximum absolute atomic E-state index is 12.7. The zero-order valence-corrected chi connectivity index (χ0v) is 16.9. The number of hydrogen-bond acceptors (Lipinski definition) is 3. The smallest absolute Gasteiger partial charge is 0.394 e. The lowest BCUT2D eigenvalue weighted by atomic mass is 9.95. The van der Waals surface area contributed by atoms with Gasteiger partial charge in [0.2, 0.25) is 5.91 Å². The van der Waals surface area contributed by atoms with E-state index in [0.717, 1.165) is 44.2 Å². The monoisotopic (exact) mass is 434 g/mol. The highest BCUT2D eigenvalue weighted by molar-refractivity contribution is 5.98. The Morgan fingerprint density at radius 2 is 1.48 bits per heavy atom. The van der Waals surface area contributed by atoms with Crippen LogP contribution in [0.5, 0.6) is 0 Å². The SMILES string of the molecule is O=C(NC(CO)C(=O)NC1CCCCC1)c1ccc(-c2ccc(C(F)(F)F)cc2)cc1. The average Bonchev–Trinajstić information content (AvgIpc) is 2.77. The third-order valence-electron chi connectivity index (χ3n) is 5.45. The van der Waals surface area contributed by atoms with Gasteiger partial charge in [0.25, 0.3) is 5.91 Å². The van der Waals surface area contributed by atoms with E-state index in [1.54, 1.807) is 12.1 Å². The van der Waals surface area contributed by atoms with Gasteiger partial charge in [-0.15, -0.1) is 0 Å².